The molecule has 1 aromatic rings. The molecule has 0 spiro atoms. The van der Waals surface area contributed by atoms with Gasteiger partial charge in [0.1, 0.15) is 6.61 Å². The van der Waals surface area contributed by atoms with Crippen LogP contribution >= 0.6 is 0 Å². The minimum Gasteiger partial charge on any atom is -0.459 e. The second-order valence-corrected chi connectivity index (χ2v) is 3.53. The first-order valence-electron chi connectivity index (χ1n) is 5.22. The third-order valence-corrected chi connectivity index (χ3v) is 2.07. The summed E-state index contributed by atoms with van der Waals surface area (Å²) < 4.78 is 4.97. The lowest BCUT2D eigenvalue weighted by Gasteiger charge is -2.14. The third kappa shape index (κ3) is 4.65. The minimum atomic E-state index is -1.00. The van der Waals surface area contributed by atoms with Crippen molar-refractivity contribution in [2.24, 2.45) is 0 Å². The van der Waals surface area contributed by atoms with Crippen LogP contribution in [0.3, 0.4) is 0 Å². The first kappa shape index (κ1) is 13.2. The first-order valence-corrected chi connectivity index (χ1v) is 5.22. The number of aliphatic hydroxyl groups is 1. The predicted octanol–water partition coefficient (Wildman–Crippen LogP) is 0.227. The number of hydrogen-bond acceptors (Lipinski definition) is 4. The zero-order chi connectivity index (χ0) is 12.7. The van der Waals surface area contributed by atoms with E-state index >= 15 is 0 Å². The number of hydrogen-bond donors (Lipinski definition) is 2. The number of benzene rings is 1. The van der Waals surface area contributed by atoms with Crippen molar-refractivity contribution in [2.45, 2.75) is 19.6 Å². The Bertz CT molecular complexity index is 377. The van der Waals surface area contributed by atoms with Gasteiger partial charge in [-0.15, -0.1) is 0 Å². The highest BCUT2D eigenvalue weighted by molar-refractivity contribution is 5.83. The van der Waals surface area contributed by atoms with E-state index in [1.165, 1.54) is 6.92 Å². The van der Waals surface area contributed by atoms with Gasteiger partial charge in [-0.2, -0.15) is 0 Å². The molecule has 0 heterocycles. The lowest BCUT2D eigenvalue weighted by Crippen LogP contribution is -2.43. The maximum Gasteiger partial charge on any atom is 0.331 e. The van der Waals surface area contributed by atoms with Gasteiger partial charge in [0.05, 0.1) is 6.61 Å². The van der Waals surface area contributed by atoms with Gasteiger partial charge >= 0.3 is 5.97 Å². The topological polar surface area (TPSA) is 75.6 Å². The Hall–Kier alpha value is -1.88. The zero-order valence-corrected chi connectivity index (χ0v) is 9.55. The Morgan fingerprint density at radius 3 is 2.53 bits per heavy atom. The van der Waals surface area contributed by atoms with Crippen molar-refractivity contribution in [3.63, 3.8) is 0 Å². The van der Waals surface area contributed by atoms with Gasteiger partial charge in [-0.1, -0.05) is 30.3 Å². The molecular formula is C12H15NO4. The normalized spacial score (nSPS) is 11.6. The summed E-state index contributed by atoms with van der Waals surface area (Å²) in [5.74, 6) is -1.03. The molecule has 92 valence electrons. The van der Waals surface area contributed by atoms with Crippen LogP contribution in [0, 0.1) is 0 Å². The summed E-state index contributed by atoms with van der Waals surface area (Å²) >= 11 is 0. The second-order valence-electron chi connectivity index (χ2n) is 3.53. The molecular weight excluding hydrogens is 222 g/mol. The van der Waals surface area contributed by atoms with Crippen molar-refractivity contribution >= 4 is 11.9 Å². The van der Waals surface area contributed by atoms with Gasteiger partial charge < -0.3 is 15.2 Å². The van der Waals surface area contributed by atoms with Crippen LogP contribution in [-0.4, -0.2) is 29.6 Å². The minimum absolute atomic E-state index is 0.121. The Morgan fingerprint density at radius 2 is 2.00 bits per heavy atom. The highest BCUT2D eigenvalue weighted by Gasteiger charge is 2.19. The third-order valence-electron chi connectivity index (χ3n) is 2.07. The Labute approximate surface area is 99.4 Å². The first-order chi connectivity index (χ1) is 8.13. The quantitative estimate of drug-likeness (QED) is 0.719. The van der Waals surface area contributed by atoms with Gasteiger partial charge in [0.2, 0.25) is 5.91 Å². The molecule has 5 heteroatoms. The maximum absolute atomic E-state index is 11.5. The van der Waals surface area contributed by atoms with E-state index < -0.39 is 18.6 Å². The van der Waals surface area contributed by atoms with Crippen molar-refractivity contribution in [1.29, 1.82) is 0 Å². The van der Waals surface area contributed by atoms with Crippen LogP contribution < -0.4 is 5.32 Å². The summed E-state index contributed by atoms with van der Waals surface area (Å²) in [5.41, 5.74) is 0.848. The van der Waals surface area contributed by atoms with E-state index in [0.717, 1.165) is 5.56 Å². The number of nitrogens with one attached hydrogen (secondary N) is 1. The van der Waals surface area contributed by atoms with Crippen molar-refractivity contribution in [3.8, 4) is 0 Å². The fourth-order valence-electron chi connectivity index (χ4n) is 1.25. The predicted molar refractivity (Wildman–Crippen MR) is 60.9 cm³/mol. The van der Waals surface area contributed by atoms with Crippen LogP contribution in [0.4, 0.5) is 0 Å². The second kappa shape index (κ2) is 6.65. The smallest absolute Gasteiger partial charge is 0.331 e. The van der Waals surface area contributed by atoms with Gasteiger partial charge in [-0.25, -0.2) is 4.79 Å². The monoisotopic (exact) mass is 237 g/mol. The largest absolute Gasteiger partial charge is 0.459 e. The number of amides is 1. The van der Waals surface area contributed by atoms with Gasteiger partial charge in [0.25, 0.3) is 0 Å². The van der Waals surface area contributed by atoms with Gasteiger partial charge in [0, 0.05) is 6.92 Å². The summed E-state index contributed by atoms with van der Waals surface area (Å²) in [6.07, 6.45) is 0. The van der Waals surface area contributed by atoms with Crippen molar-refractivity contribution in [3.05, 3.63) is 35.9 Å². The fourth-order valence-corrected chi connectivity index (χ4v) is 1.25. The van der Waals surface area contributed by atoms with Crippen molar-refractivity contribution in [2.75, 3.05) is 6.61 Å². The molecule has 2 N–H and O–H groups in total. The molecule has 0 aromatic heterocycles. The summed E-state index contributed by atoms with van der Waals surface area (Å²) in [6, 6.07) is 8.16. The van der Waals surface area contributed by atoms with E-state index in [1.807, 2.05) is 30.3 Å². The fraction of sp³-hybridized carbons (Fsp3) is 0.333. The van der Waals surface area contributed by atoms with E-state index in [0.29, 0.717) is 0 Å². The van der Waals surface area contributed by atoms with Crippen molar-refractivity contribution in [1.82, 2.24) is 5.32 Å². The van der Waals surface area contributed by atoms with E-state index in [1.54, 1.807) is 0 Å². The zero-order valence-electron chi connectivity index (χ0n) is 9.55. The van der Waals surface area contributed by atoms with E-state index in [4.69, 9.17) is 9.84 Å². The Morgan fingerprint density at radius 1 is 1.35 bits per heavy atom. The summed E-state index contributed by atoms with van der Waals surface area (Å²) in [4.78, 5) is 22.2. The molecule has 0 saturated carbocycles. The van der Waals surface area contributed by atoms with Crippen LogP contribution in [0.1, 0.15) is 12.5 Å². The number of ether oxygens (including phenoxy) is 1. The molecule has 5 nitrogen and oxygen atoms in total. The number of rotatable bonds is 5. The highest BCUT2D eigenvalue weighted by Crippen LogP contribution is 2.01. The van der Waals surface area contributed by atoms with Crippen LogP contribution in [0.2, 0.25) is 0 Å². The lowest BCUT2D eigenvalue weighted by molar-refractivity contribution is -0.150. The van der Waals surface area contributed by atoms with Crippen LogP contribution in [-0.2, 0) is 20.9 Å². The SMILES string of the molecule is CC(=O)NC(CO)C(=O)OCc1ccccc1. The van der Waals surface area contributed by atoms with E-state index in [-0.39, 0.29) is 12.5 Å². The number of carbonyl (C=O) groups is 2. The average molecular weight is 237 g/mol. The molecule has 1 unspecified atom stereocenters. The Kier molecular flexibility index (Phi) is 5.16. The molecule has 1 aromatic carbocycles. The molecule has 17 heavy (non-hydrogen) atoms. The molecule has 0 aliphatic heterocycles. The number of carbonyl (C=O) groups excluding carboxylic acids is 2. The van der Waals surface area contributed by atoms with E-state index in [9.17, 15) is 9.59 Å². The molecule has 1 atom stereocenters. The molecule has 1 amide bonds. The van der Waals surface area contributed by atoms with Crippen LogP contribution in [0.25, 0.3) is 0 Å². The molecule has 0 radical (unpaired) electrons. The summed E-state index contributed by atoms with van der Waals surface area (Å²) in [6.45, 7) is 0.913. The van der Waals surface area contributed by atoms with Gasteiger partial charge in [0.15, 0.2) is 6.04 Å². The number of aliphatic hydroxyl groups excluding tert-OH is 1. The molecule has 0 aliphatic carbocycles. The van der Waals surface area contributed by atoms with Crippen LogP contribution in [0.5, 0.6) is 0 Å². The molecule has 0 saturated heterocycles. The summed E-state index contributed by atoms with van der Waals surface area (Å²) in [7, 11) is 0. The van der Waals surface area contributed by atoms with Crippen LogP contribution in [0.15, 0.2) is 30.3 Å². The maximum atomic E-state index is 11.5. The summed E-state index contributed by atoms with van der Waals surface area (Å²) in [5, 5.41) is 11.2. The van der Waals surface area contributed by atoms with Gasteiger partial charge in [-0.3, -0.25) is 4.79 Å². The average Bonchev–Trinajstić information content (AvgIpc) is 2.34. The van der Waals surface area contributed by atoms with E-state index in [2.05, 4.69) is 5.32 Å². The standard InChI is InChI=1S/C12H15NO4/c1-9(15)13-11(7-14)12(16)17-8-10-5-3-2-4-6-10/h2-6,11,14H,7-8H2,1H3,(H,13,15). The van der Waals surface area contributed by atoms with Crippen molar-refractivity contribution < 1.29 is 19.4 Å². The molecule has 1 rings (SSSR count). The number of esters is 1. The molecule has 0 fully saturated rings. The van der Waals surface area contributed by atoms with Gasteiger partial charge in [-0.05, 0) is 5.56 Å². The Balaban J connectivity index is 2.45. The lowest BCUT2D eigenvalue weighted by atomic mass is 10.2. The highest BCUT2D eigenvalue weighted by atomic mass is 16.5. The molecule has 0 bridgehead atoms. The molecule has 0 aliphatic rings.